The molecule has 0 saturated carbocycles. The van der Waals surface area contributed by atoms with E-state index in [2.05, 4.69) is 27.9 Å². The molecule has 0 saturated heterocycles. The number of benzene rings is 3. The summed E-state index contributed by atoms with van der Waals surface area (Å²) in [4.78, 5) is 12.7. The highest BCUT2D eigenvalue weighted by Gasteiger charge is 2.31. The first-order valence-electron chi connectivity index (χ1n) is 11.0. The molecule has 1 amide bonds. The molecular formula is C27H21ClF3IN2O3. The number of alkyl halides is 3. The van der Waals surface area contributed by atoms with E-state index in [1.165, 1.54) is 6.08 Å². The van der Waals surface area contributed by atoms with Gasteiger partial charge in [-0.25, -0.2) is 0 Å². The van der Waals surface area contributed by atoms with Gasteiger partial charge in [0.15, 0.2) is 11.5 Å². The molecule has 3 rings (SSSR count). The third-order valence-electron chi connectivity index (χ3n) is 5.18. The molecule has 0 bridgehead atoms. The predicted octanol–water partition coefficient (Wildman–Crippen LogP) is 7.80. The number of amides is 1. The Kier molecular flexibility index (Phi) is 9.45. The topological polar surface area (TPSA) is 71.3 Å². The van der Waals surface area contributed by atoms with Gasteiger partial charge in [-0.1, -0.05) is 35.9 Å². The van der Waals surface area contributed by atoms with E-state index in [1.54, 1.807) is 18.2 Å². The fourth-order valence-corrected chi connectivity index (χ4v) is 4.24. The summed E-state index contributed by atoms with van der Waals surface area (Å²) in [5.41, 5.74) is 0.999. The second kappa shape index (κ2) is 12.3. The van der Waals surface area contributed by atoms with Crippen LogP contribution in [0.1, 0.15) is 29.2 Å². The number of rotatable bonds is 8. The molecule has 0 atom stereocenters. The molecule has 0 aliphatic rings. The molecule has 0 unspecified atom stereocenters. The van der Waals surface area contributed by atoms with Crippen molar-refractivity contribution in [1.82, 2.24) is 0 Å². The van der Waals surface area contributed by atoms with Gasteiger partial charge in [0.2, 0.25) is 0 Å². The van der Waals surface area contributed by atoms with Crippen LogP contribution in [0, 0.1) is 21.8 Å². The first-order valence-corrected chi connectivity index (χ1v) is 12.4. The summed E-state index contributed by atoms with van der Waals surface area (Å²) in [6.07, 6.45) is -3.31. The van der Waals surface area contributed by atoms with Crippen LogP contribution in [0.4, 0.5) is 18.9 Å². The van der Waals surface area contributed by atoms with Gasteiger partial charge < -0.3 is 14.8 Å². The average Bonchev–Trinajstić information content (AvgIpc) is 2.83. The van der Waals surface area contributed by atoms with Crippen LogP contribution in [0.3, 0.4) is 0 Å². The number of hydrogen-bond acceptors (Lipinski definition) is 4. The summed E-state index contributed by atoms with van der Waals surface area (Å²) in [6, 6.07) is 15.5. The highest BCUT2D eigenvalue weighted by atomic mass is 127. The minimum Gasteiger partial charge on any atom is -0.490 e. The summed E-state index contributed by atoms with van der Waals surface area (Å²) >= 11 is 8.03. The second-order valence-electron chi connectivity index (χ2n) is 7.79. The molecule has 3 aromatic rings. The fraction of sp³-hybridized carbons (Fsp3) is 0.185. The molecular weight excluding hydrogens is 620 g/mol. The monoisotopic (exact) mass is 640 g/mol. The first-order chi connectivity index (χ1) is 17.5. The Bertz CT molecular complexity index is 1380. The van der Waals surface area contributed by atoms with Gasteiger partial charge in [-0.2, -0.15) is 18.4 Å². The van der Waals surface area contributed by atoms with Gasteiger partial charge in [0.25, 0.3) is 5.91 Å². The molecule has 3 aromatic carbocycles. The summed E-state index contributed by atoms with van der Waals surface area (Å²) in [5, 5.41) is 11.8. The van der Waals surface area contributed by atoms with Crippen molar-refractivity contribution in [3.05, 3.63) is 91.0 Å². The fourth-order valence-electron chi connectivity index (χ4n) is 3.30. The Balaban J connectivity index is 1.88. The van der Waals surface area contributed by atoms with Crippen molar-refractivity contribution in [2.24, 2.45) is 0 Å². The third-order valence-corrected chi connectivity index (χ3v) is 6.31. The number of anilines is 1. The van der Waals surface area contributed by atoms with E-state index in [4.69, 9.17) is 21.1 Å². The zero-order valence-corrected chi connectivity index (χ0v) is 22.7. The van der Waals surface area contributed by atoms with Crippen LogP contribution in [-0.2, 0) is 17.6 Å². The van der Waals surface area contributed by atoms with Crippen molar-refractivity contribution in [3.63, 3.8) is 0 Å². The van der Waals surface area contributed by atoms with E-state index < -0.39 is 17.6 Å². The summed E-state index contributed by atoms with van der Waals surface area (Å²) in [7, 11) is 0. The maximum atomic E-state index is 13.0. The Morgan fingerprint density at radius 3 is 2.54 bits per heavy atom. The number of nitriles is 1. The van der Waals surface area contributed by atoms with Gasteiger partial charge in [0.05, 0.1) is 26.5 Å². The number of carbonyl (C=O) groups is 1. The number of nitrogens with zero attached hydrogens (tertiary/aromatic N) is 1. The number of halogens is 5. The Morgan fingerprint density at radius 1 is 1.16 bits per heavy atom. The minimum atomic E-state index is -4.62. The van der Waals surface area contributed by atoms with Crippen LogP contribution in [-0.4, -0.2) is 12.5 Å². The van der Waals surface area contributed by atoms with Crippen LogP contribution in [0.15, 0.2) is 60.2 Å². The number of nitrogens with one attached hydrogen (secondary N) is 1. The van der Waals surface area contributed by atoms with Crippen molar-refractivity contribution in [2.75, 3.05) is 11.9 Å². The van der Waals surface area contributed by atoms with Crippen LogP contribution in [0.2, 0.25) is 5.02 Å². The zero-order chi connectivity index (χ0) is 27.2. The predicted molar refractivity (Wildman–Crippen MR) is 145 cm³/mol. The molecule has 0 radical (unpaired) electrons. The molecule has 10 heteroatoms. The van der Waals surface area contributed by atoms with Crippen molar-refractivity contribution >= 4 is 51.9 Å². The molecule has 0 spiro atoms. The van der Waals surface area contributed by atoms with Gasteiger partial charge in [-0.05, 0) is 89.5 Å². The lowest BCUT2D eigenvalue weighted by Crippen LogP contribution is -2.15. The molecule has 1 N–H and O–H groups in total. The van der Waals surface area contributed by atoms with Crippen molar-refractivity contribution in [2.45, 2.75) is 26.6 Å². The number of carbonyl (C=O) groups excluding carboxylic acids is 1. The number of ether oxygens (including phenoxy) is 2. The number of hydrogen-bond donors (Lipinski definition) is 1. The Hall–Kier alpha value is -3.23. The van der Waals surface area contributed by atoms with Crippen LogP contribution >= 0.6 is 34.2 Å². The normalized spacial score (nSPS) is 11.6. The quantitative estimate of drug-likeness (QED) is 0.155. The van der Waals surface area contributed by atoms with Gasteiger partial charge >= 0.3 is 6.18 Å². The van der Waals surface area contributed by atoms with E-state index in [-0.39, 0.29) is 16.3 Å². The Labute approximate surface area is 231 Å². The SMILES string of the molecule is CCOc1cc(/C=C(/C#N)C(=O)Nc2cc(C(F)(F)F)ccc2Cl)cc(I)c1OCc1ccccc1C. The lowest BCUT2D eigenvalue weighted by atomic mass is 10.1. The maximum Gasteiger partial charge on any atom is 0.416 e. The zero-order valence-electron chi connectivity index (χ0n) is 19.7. The minimum absolute atomic E-state index is 0.0954. The van der Waals surface area contributed by atoms with Gasteiger partial charge in [0, 0.05) is 0 Å². The highest BCUT2D eigenvalue weighted by molar-refractivity contribution is 14.1. The smallest absolute Gasteiger partial charge is 0.416 e. The van der Waals surface area contributed by atoms with E-state index in [0.717, 1.165) is 23.3 Å². The molecule has 37 heavy (non-hydrogen) atoms. The first kappa shape index (κ1) is 28.3. The highest BCUT2D eigenvalue weighted by Crippen LogP contribution is 2.36. The van der Waals surface area contributed by atoms with Crippen molar-refractivity contribution in [3.8, 4) is 17.6 Å². The van der Waals surface area contributed by atoms with Crippen LogP contribution < -0.4 is 14.8 Å². The molecule has 0 heterocycles. The van der Waals surface area contributed by atoms with E-state index >= 15 is 0 Å². The lowest BCUT2D eigenvalue weighted by molar-refractivity contribution is -0.137. The summed E-state index contributed by atoms with van der Waals surface area (Å²) < 4.78 is 51.6. The van der Waals surface area contributed by atoms with Crippen molar-refractivity contribution in [1.29, 1.82) is 5.26 Å². The van der Waals surface area contributed by atoms with Crippen LogP contribution in [0.25, 0.3) is 6.08 Å². The molecule has 0 aliphatic carbocycles. The van der Waals surface area contributed by atoms with Gasteiger partial charge in [-0.15, -0.1) is 0 Å². The van der Waals surface area contributed by atoms with E-state index in [0.29, 0.717) is 39.9 Å². The largest absolute Gasteiger partial charge is 0.490 e. The number of aryl methyl sites for hydroxylation is 1. The van der Waals surface area contributed by atoms with Gasteiger partial charge in [0.1, 0.15) is 18.2 Å². The Morgan fingerprint density at radius 2 is 1.89 bits per heavy atom. The summed E-state index contributed by atoms with van der Waals surface area (Å²) in [5.74, 6) is 0.0333. The van der Waals surface area contributed by atoms with Crippen molar-refractivity contribution < 1.29 is 27.4 Å². The summed E-state index contributed by atoms with van der Waals surface area (Å²) in [6.45, 7) is 4.47. The maximum absolute atomic E-state index is 13.0. The van der Waals surface area contributed by atoms with E-state index in [9.17, 15) is 23.2 Å². The molecule has 0 aliphatic heterocycles. The molecule has 5 nitrogen and oxygen atoms in total. The lowest BCUT2D eigenvalue weighted by Gasteiger charge is -2.16. The van der Waals surface area contributed by atoms with E-state index in [1.807, 2.05) is 38.1 Å². The van der Waals surface area contributed by atoms with Crippen LogP contribution in [0.5, 0.6) is 11.5 Å². The van der Waals surface area contributed by atoms with Gasteiger partial charge in [-0.3, -0.25) is 4.79 Å². The molecule has 0 fully saturated rings. The molecule has 192 valence electrons. The second-order valence-corrected chi connectivity index (χ2v) is 9.36. The third kappa shape index (κ3) is 7.40. The standard InChI is InChI=1S/C27H21ClF3IN2O3/c1-3-36-24-12-17(11-22(32)25(24)37-15-18-7-5-4-6-16(18)2)10-19(14-33)26(35)34-23-13-20(27(29,30)31)8-9-21(23)28/h4-13H,3,15H2,1-2H3,(H,34,35)/b19-10-. The molecule has 0 aromatic heterocycles. The average molecular weight is 641 g/mol.